The highest BCUT2D eigenvalue weighted by Crippen LogP contribution is 2.18. The molecule has 0 radical (unpaired) electrons. The van der Waals surface area contributed by atoms with Crippen LogP contribution in [0.1, 0.15) is 18.6 Å². The van der Waals surface area contributed by atoms with Gasteiger partial charge in [0.15, 0.2) is 11.0 Å². The van der Waals surface area contributed by atoms with E-state index in [0.717, 1.165) is 23.9 Å². The minimum absolute atomic E-state index is 0.377. The molecule has 0 atom stereocenters. The van der Waals surface area contributed by atoms with Crippen molar-refractivity contribution in [3.05, 3.63) is 23.0 Å². The summed E-state index contributed by atoms with van der Waals surface area (Å²) in [6.45, 7) is 2.48. The van der Waals surface area contributed by atoms with Gasteiger partial charge in [-0.05, 0) is 0 Å². The Morgan fingerprint density at radius 2 is 2.40 bits per heavy atom. The second-order valence-electron chi connectivity index (χ2n) is 2.83. The number of anilines is 1. The maximum absolute atomic E-state index is 5.76. The lowest BCUT2D eigenvalue weighted by molar-refractivity contribution is 0.465. The SMILES string of the molecule is CCc1cnc(CNc2nsnc2Cl)o1. The van der Waals surface area contributed by atoms with Crippen molar-refractivity contribution in [3.63, 3.8) is 0 Å². The number of rotatable bonds is 4. The summed E-state index contributed by atoms with van der Waals surface area (Å²) >= 11 is 6.83. The van der Waals surface area contributed by atoms with E-state index in [2.05, 4.69) is 19.0 Å². The first kappa shape index (κ1) is 10.4. The first-order valence-electron chi connectivity index (χ1n) is 4.45. The van der Waals surface area contributed by atoms with Crippen LogP contribution >= 0.6 is 23.3 Å². The molecule has 5 nitrogen and oxygen atoms in total. The van der Waals surface area contributed by atoms with Gasteiger partial charge in [0.05, 0.1) is 24.5 Å². The molecule has 0 aliphatic carbocycles. The highest BCUT2D eigenvalue weighted by molar-refractivity contribution is 6.99. The molecule has 1 N–H and O–H groups in total. The van der Waals surface area contributed by atoms with Crippen molar-refractivity contribution in [2.45, 2.75) is 19.9 Å². The Hall–Kier alpha value is -1.14. The van der Waals surface area contributed by atoms with E-state index in [1.807, 2.05) is 6.92 Å². The Kier molecular flexibility index (Phi) is 3.17. The molecule has 0 fully saturated rings. The zero-order chi connectivity index (χ0) is 10.7. The van der Waals surface area contributed by atoms with Gasteiger partial charge < -0.3 is 9.73 Å². The Morgan fingerprint density at radius 1 is 1.53 bits per heavy atom. The molecule has 15 heavy (non-hydrogen) atoms. The van der Waals surface area contributed by atoms with E-state index in [1.165, 1.54) is 0 Å². The minimum Gasteiger partial charge on any atom is -0.444 e. The summed E-state index contributed by atoms with van der Waals surface area (Å²) in [6.07, 6.45) is 2.56. The highest BCUT2D eigenvalue weighted by atomic mass is 35.5. The molecular formula is C8H9ClN4OS. The summed E-state index contributed by atoms with van der Waals surface area (Å²) in [5, 5.41) is 3.37. The number of halogens is 1. The van der Waals surface area contributed by atoms with E-state index in [0.29, 0.717) is 23.4 Å². The van der Waals surface area contributed by atoms with Crippen LogP contribution in [0.3, 0.4) is 0 Å². The molecule has 0 amide bonds. The number of aromatic nitrogens is 3. The van der Waals surface area contributed by atoms with Gasteiger partial charge in [-0.15, -0.1) is 0 Å². The molecule has 0 saturated heterocycles. The van der Waals surface area contributed by atoms with Gasteiger partial charge in [-0.25, -0.2) is 4.98 Å². The fourth-order valence-corrected chi connectivity index (χ4v) is 1.72. The molecule has 0 spiro atoms. The molecule has 2 rings (SSSR count). The van der Waals surface area contributed by atoms with Crippen molar-refractivity contribution < 1.29 is 4.42 Å². The molecular weight excluding hydrogens is 236 g/mol. The van der Waals surface area contributed by atoms with Crippen LogP contribution in [0.2, 0.25) is 5.15 Å². The summed E-state index contributed by atoms with van der Waals surface area (Å²) in [6, 6.07) is 0. The lowest BCUT2D eigenvalue weighted by Crippen LogP contribution is -1.99. The maximum Gasteiger partial charge on any atom is 0.213 e. The molecule has 80 valence electrons. The number of nitrogens with one attached hydrogen (secondary N) is 1. The fraction of sp³-hybridized carbons (Fsp3) is 0.375. The molecule has 0 aliphatic rings. The third kappa shape index (κ3) is 2.45. The van der Waals surface area contributed by atoms with Gasteiger partial charge in [-0.1, -0.05) is 18.5 Å². The largest absolute Gasteiger partial charge is 0.444 e. The van der Waals surface area contributed by atoms with Crippen molar-refractivity contribution in [1.82, 2.24) is 13.7 Å². The van der Waals surface area contributed by atoms with Gasteiger partial charge in [-0.3, -0.25) is 0 Å². The van der Waals surface area contributed by atoms with E-state index in [1.54, 1.807) is 6.20 Å². The zero-order valence-corrected chi connectivity index (χ0v) is 9.60. The third-order valence-corrected chi connectivity index (χ3v) is 2.70. The summed E-state index contributed by atoms with van der Waals surface area (Å²) in [5.41, 5.74) is 0. The van der Waals surface area contributed by atoms with E-state index >= 15 is 0 Å². The summed E-state index contributed by atoms with van der Waals surface area (Å²) in [4.78, 5) is 4.10. The van der Waals surface area contributed by atoms with E-state index in [4.69, 9.17) is 16.0 Å². The van der Waals surface area contributed by atoms with Crippen LogP contribution < -0.4 is 5.32 Å². The van der Waals surface area contributed by atoms with Gasteiger partial charge in [-0.2, -0.15) is 8.75 Å². The van der Waals surface area contributed by atoms with Crippen LogP contribution in [0.4, 0.5) is 5.82 Å². The maximum atomic E-state index is 5.76. The molecule has 0 bridgehead atoms. The quantitative estimate of drug-likeness (QED) is 0.895. The smallest absolute Gasteiger partial charge is 0.213 e. The van der Waals surface area contributed by atoms with Crippen molar-refractivity contribution in [3.8, 4) is 0 Å². The van der Waals surface area contributed by atoms with Crippen molar-refractivity contribution in [1.29, 1.82) is 0 Å². The second-order valence-corrected chi connectivity index (χ2v) is 3.72. The zero-order valence-electron chi connectivity index (χ0n) is 8.03. The topological polar surface area (TPSA) is 63.8 Å². The molecule has 0 aliphatic heterocycles. The second kappa shape index (κ2) is 4.59. The van der Waals surface area contributed by atoms with Crippen molar-refractivity contribution >= 4 is 29.1 Å². The van der Waals surface area contributed by atoms with Gasteiger partial charge >= 0.3 is 0 Å². The third-order valence-electron chi connectivity index (χ3n) is 1.81. The minimum atomic E-state index is 0.377. The molecule has 0 unspecified atom stereocenters. The van der Waals surface area contributed by atoms with Crippen LogP contribution in [0, 0.1) is 0 Å². The summed E-state index contributed by atoms with van der Waals surface area (Å²) in [5.74, 6) is 2.06. The summed E-state index contributed by atoms with van der Waals surface area (Å²) in [7, 11) is 0. The molecule has 2 aromatic rings. The van der Waals surface area contributed by atoms with E-state index < -0.39 is 0 Å². The average Bonchev–Trinajstić information content (AvgIpc) is 2.84. The monoisotopic (exact) mass is 244 g/mol. The number of hydrogen-bond acceptors (Lipinski definition) is 6. The molecule has 2 heterocycles. The Labute approximate surface area is 95.8 Å². The van der Waals surface area contributed by atoms with Crippen molar-refractivity contribution in [2.24, 2.45) is 0 Å². The molecule has 0 aromatic carbocycles. The Morgan fingerprint density at radius 3 is 3.00 bits per heavy atom. The lowest BCUT2D eigenvalue weighted by Gasteiger charge is -1.97. The average molecular weight is 245 g/mol. The number of oxazole rings is 1. The first-order valence-corrected chi connectivity index (χ1v) is 5.56. The number of hydrogen-bond donors (Lipinski definition) is 1. The predicted molar refractivity (Wildman–Crippen MR) is 58.1 cm³/mol. The van der Waals surface area contributed by atoms with E-state index in [-0.39, 0.29) is 0 Å². The van der Waals surface area contributed by atoms with Crippen LogP contribution in [0.25, 0.3) is 0 Å². The molecule has 2 aromatic heterocycles. The van der Waals surface area contributed by atoms with E-state index in [9.17, 15) is 0 Å². The standard InChI is InChI=1S/C8H9ClN4OS/c1-2-5-3-10-6(14-5)4-11-8-7(9)12-15-13-8/h3H,2,4H2,1H3,(H,11,13). The normalized spacial score (nSPS) is 10.5. The van der Waals surface area contributed by atoms with Crippen LogP contribution in [0.15, 0.2) is 10.6 Å². The molecule has 7 heteroatoms. The van der Waals surface area contributed by atoms with Crippen LogP contribution in [0.5, 0.6) is 0 Å². The first-order chi connectivity index (χ1) is 7.29. The van der Waals surface area contributed by atoms with Crippen LogP contribution in [-0.2, 0) is 13.0 Å². The number of nitrogens with zero attached hydrogens (tertiary/aromatic N) is 3. The van der Waals surface area contributed by atoms with Gasteiger partial charge in [0.2, 0.25) is 5.89 Å². The van der Waals surface area contributed by atoms with Crippen LogP contribution in [-0.4, -0.2) is 13.7 Å². The fourth-order valence-electron chi connectivity index (χ4n) is 1.04. The highest BCUT2D eigenvalue weighted by Gasteiger charge is 2.06. The van der Waals surface area contributed by atoms with Gasteiger partial charge in [0.25, 0.3) is 0 Å². The van der Waals surface area contributed by atoms with Crippen molar-refractivity contribution in [2.75, 3.05) is 5.32 Å². The lowest BCUT2D eigenvalue weighted by atomic mass is 10.4. The summed E-state index contributed by atoms with van der Waals surface area (Å²) < 4.78 is 13.2. The van der Waals surface area contributed by atoms with Gasteiger partial charge in [0.1, 0.15) is 5.76 Å². The molecule has 0 saturated carbocycles. The Bertz CT molecular complexity index is 441. The predicted octanol–water partition coefficient (Wildman–Crippen LogP) is 2.35. The number of aryl methyl sites for hydroxylation is 1. The van der Waals surface area contributed by atoms with Gasteiger partial charge in [0, 0.05) is 6.42 Å². The Balaban J connectivity index is 1.96.